The number of rotatable bonds is 8. The van der Waals surface area contributed by atoms with Crippen molar-refractivity contribution in [1.82, 2.24) is 10.2 Å². The number of carbonyl (C=O) groups is 2. The molecule has 0 spiro atoms. The van der Waals surface area contributed by atoms with Gasteiger partial charge in [-0.1, -0.05) is 25.3 Å². The number of amides is 2. The lowest BCUT2D eigenvalue weighted by Gasteiger charge is -2.36. The number of thiocarbonyl (C=S) groups is 1. The maximum absolute atomic E-state index is 13.2. The molecule has 0 heterocycles. The van der Waals surface area contributed by atoms with Crippen LogP contribution in [0.5, 0.6) is 11.5 Å². The number of nitrogens with zero attached hydrogens (tertiary/aromatic N) is 1. The van der Waals surface area contributed by atoms with E-state index < -0.39 is 11.7 Å². The van der Waals surface area contributed by atoms with Gasteiger partial charge in [-0.15, -0.1) is 0 Å². The third-order valence-corrected chi connectivity index (χ3v) is 5.89. The van der Waals surface area contributed by atoms with Gasteiger partial charge in [-0.3, -0.25) is 14.9 Å². The number of methoxy groups -OCH3 is 1. The minimum atomic E-state index is -0.577. The normalized spacial score (nSPS) is 13.8. The summed E-state index contributed by atoms with van der Waals surface area (Å²) < 4.78 is 24.0. The van der Waals surface area contributed by atoms with Gasteiger partial charge in [-0.25, -0.2) is 4.39 Å². The van der Waals surface area contributed by atoms with Crippen LogP contribution in [0.1, 0.15) is 48.0 Å². The average molecular weight is 474 g/mol. The molecule has 33 heavy (non-hydrogen) atoms. The fourth-order valence-corrected chi connectivity index (χ4v) is 4.18. The molecule has 1 aliphatic rings. The molecule has 0 unspecified atom stereocenters. The first-order chi connectivity index (χ1) is 15.9. The lowest BCUT2D eigenvalue weighted by molar-refractivity contribution is -0.119. The number of halogens is 1. The Balaban J connectivity index is 1.77. The highest BCUT2D eigenvalue weighted by Gasteiger charge is 2.25. The van der Waals surface area contributed by atoms with E-state index in [-0.39, 0.29) is 18.6 Å². The van der Waals surface area contributed by atoms with Crippen LogP contribution in [0.25, 0.3) is 0 Å². The summed E-state index contributed by atoms with van der Waals surface area (Å²) in [4.78, 5) is 25.7. The lowest BCUT2D eigenvalue weighted by Crippen LogP contribution is -2.48. The van der Waals surface area contributed by atoms with Crippen molar-refractivity contribution in [2.24, 2.45) is 5.73 Å². The number of nitrogens with one attached hydrogen (secondary N) is 1. The zero-order chi connectivity index (χ0) is 23.8. The highest BCUT2D eigenvalue weighted by Crippen LogP contribution is 2.30. The molecule has 9 heteroatoms. The molecule has 2 aromatic carbocycles. The van der Waals surface area contributed by atoms with Crippen molar-refractivity contribution in [1.29, 1.82) is 0 Å². The average Bonchev–Trinajstić information content (AvgIpc) is 2.82. The Morgan fingerprint density at radius 1 is 1.12 bits per heavy atom. The van der Waals surface area contributed by atoms with Crippen LogP contribution in [0, 0.1) is 5.82 Å². The first-order valence-electron chi connectivity index (χ1n) is 10.8. The van der Waals surface area contributed by atoms with E-state index in [1.807, 2.05) is 17.0 Å². The molecule has 0 atom stereocenters. The number of ether oxygens (including phenoxy) is 2. The molecule has 2 amide bonds. The van der Waals surface area contributed by atoms with Gasteiger partial charge in [-0.2, -0.15) is 0 Å². The van der Waals surface area contributed by atoms with E-state index in [4.69, 9.17) is 27.4 Å². The zero-order valence-electron chi connectivity index (χ0n) is 18.5. The highest BCUT2D eigenvalue weighted by molar-refractivity contribution is 7.80. The van der Waals surface area contributed by atoms with Gasteiger partial charge in [0.25, 0.3) is 11.8 Å². The summed E-state index contributed by atoms with van der Waals surface area (Å²) in [5.41, 5.74) is 6.39. The molecule has 1 saturated carbocycles. The molecule has 3 rings (SSSR count). The first kappa shape index (κ1) is 24.4. The van der Waals surface area contributed by atoms with Gasteiger partial charge in [0.05, 0.1) is 7.11 Å². The molecule has 1 fully saturated rings. The monoisotopic (exact) mass is 473 g/mol. The fourth-order valence-electron chi connectivity index (χ4n) is 3.88. The minimum absolute atomic E-state index is 0.191. The van der Waals surface area contributed by atoms with Crippen LogP contribution >= 0.6 is 12.2 Å². The Morgan fingerprint density at radius 3 is 2.45 bits per heavy atom. The van der Waals surface area contributed by atoms with Gasteiger partial charge in [0, 0.05) is 18.2 Å². The molecule has 3 N–H and O–H groups in total. The fraction of sp³-hybridized carbons (Fsp3) is 0.375. The van der Waals surface area contributed by atoms with Crippen molar-refractivity contribution in [2.45, 2.75) is 44.7 Å². The van der Waals surface area contributed by atoms with Crippen molar-refractivity contribution in [3.05, 3.63) is 59.4 Å². The maximum Gasteiger partial charge on any atom is 0.257 e. The van der Waals surface area contributed by atoms with Gasteiger partial charge in [0.15, 0.2) is 23.2 Å². The third-order valence-electron chi connectivity index (χ3n) is 5.55. The number of hydrogen-bond acceptors (Lipinski definition) is 5. The van der Waals surface area contributed by atoms with Crippen molar-refractivity contribution in [2.75, 3.05) is 13.7 Å². The van der Waals surface area contributed by atoms with Crippen LogP contribution in [0.4, 0.5) is 4.39 Å². The molecule has 0 radical (unpaired) electrons. The number of benzene rings is 2. The van der Waals surface area contributed by atoms with Crippen molar-refractivity contribution < 1.29 is 23.5 Å². The summed E-state index contributed by atoms with van der Waals surface area (Å²) in [5, 5.41) is 3.12. The van der Waals surface area contributed by atoms with Crippen LogP contribution in [0.15, 0.2) is 42.5 Å². The third kappa shape index (κ3) is 6.89. The number of primary amides is 1. The second kappa shape index (κ2) is 11.6. The molecule has 0 saturated heterocycles. The van der Waals surface area contributed by atoms with Crippen molar-refractivity contribution >= 4 is 29.1 Å². The quantitative estimate of drug-likeness (QED) is 0.570. The van der Waals surface area contributed by atoms with E-state index in [1.165, 1.54) is 37.8 Å². The molecule has 1 aliphatic carbocycles. The summed E-state index contributed by atoms with van der Waals surface area (Å²) in [5.74, 6) is -0.481. The van der Waals surface area contributed by atoms with Gasteiger partial charge in [0.1, 0.15) is 5.82 Å². The molecule has 2 aromatic rings. The minimum Gasteiger partial charge on any atom is -0.493 e. The smallest absolute Gasteiger partial charge is 0.257 e. The molecule has 0 aromatic heterocycles. The summed E-state index contributed by atoms with van der Waals surface area (Å²) in [6.07, 6.45) is 5.32. The van der Waals surface area contributed by atoms with Crippen LogP contribution in [0.3, 0.4) is 0 Å². The van der Waals surface area contributed by atoms with E-state index in [2.05, 4.69) is 5.32 Å². The first-order valence-corrected chi connectivity index (χ1v) is 11.2. The summed E-state index contributed by atoms with van der Waals surface area (Å²) in [6, 6.07) is 10.9. The maximum atomic E-state index is 13.2. The largest absolute Gasteiger partial charge is 0.493 e. The molecular weight excluding hydrogens is 445 g/mol. The Morgan fingerprint density at radius 2 is 1.82 bits per heavy atom. The molecular formula is C24H28FN3O4S. The van der Waals surface area contributed by atoms with Crippen LogP contribution < -0.4 is 20.5 Å². The van der Waals surface area contributed by atoms with Gasteiger partial charge in [0.2, 0.25) is 0 Å². The van der Waals surface area contributed by atoms with Crippen molar-refractivity contribution in [3.8, 4) is 11.5 Å². The SMILES string of the molecule is COc1cc(CN(C(=S)NC(=O)c2ccc(F)cc2)C2CCCCC2)ccc1OCC(N)=O. The van der Waals surface area contributed by atoms with Crippen LogP contribution in [-0.4, -0.2) is 41.6 Å². The van der Waals surface area contributed by atoms with E-state index in [1.54, 1.807) is 6.07 Å². The Hall–Kier alpha value is -3.20. The van der Waals surface area contributed by atoms with Gasteiger partial charge >= 0.3 is 0 Å². The topological polar surface area (TPSA) is 93.9 Å². The predicted molar refractivity (Wildman–Crippen MR) is 127 cm³/mol. The number of nitrogens with two attached hydrogens (primary N) is 1. The molecule has 7 nitrogen and oxygen atoms in total. The summed E-state index contributed by atoms with van der Waals surface area (Å²) in [6.45, 7) is 0.211. The standard InChI is InChI=1S/C24H28FN3O4S/c1-31-21-13-16(7-12-20(21)32-15-22(26)29)14-28(19-5-3-2-4-6-19)24(33)27-23(30)17-8-10-18(25)11-9-17/h7-13,19H,2-6,14-15H2,1H3,(H2,26,29)(H,27,30,33). The van der Waals surface area contributed by atoms with Crippen LogP contribution in [-0.2, 0) is 11.3 Å². The summed E-state index contributed by atoms with van der Waals surface area (Å²) >= 11 is 5.63. The lowest BCUT2D eigenvalue weighted by atomic mass is 9.94. The Bertz CT molecular complexity index is 994. The summed E-state index contributed by atoms with van der Waals surface area (Å²) in [7, 11) is 1.52. The second-order valence-electron chi connectivity index (χ2n) is 7.93. The van der Waals surface area contributed by atoms with E-state index in [9.17, 15) is 14.0 Å². The Labute approximate surface area is 198 Å². The van der Waals surface area contributed by atoms with Gasteiger partial charge < -0.3 is 20.1 Å². The van der Waals surface area contributed by atoms with Gasteiger partial charge in [-0.05, 0) is 67.0 Å². The predicted octanol–water partition coefficient (Wildman–Crippen LogP) is 3.55. The van der Waals surface area contributed by atoms with E-state index in [0.29, 0.717) is 28.7 Å². The van der Waals surface area contributed by atoms with E-state index in [0.717, 1.165) is 31.2 Å². The Kier molecular flexibility index (Phi) is 8.59. The molecule has 0 aliphatic heterocycles. The zero-order valence-corrected chi connectivity index (χ0v) is 19.3. The molecule has 176 valence electrons. The van der Waals surface area contributed by atoms with Crippen LogP contribution in [0.2, 0.25) is 0 Å². The van der Waals surface area contributed by atoms with E-state index >= 15 is 0 Å². The number of carbonyl (C=O) groups excluding carboxylic acids is 2. The molecule has 0 bridgehead atoms. The highest BCUT2D eigenvalue weighted by atomic mass is 32.1. The second-order valence-corrected chi connectivity index (χ2v) is 8.31. The number of hydrogen-bond donors (Lipinski definition) is 2. The van der Waals surface area contributed by atoms with Crippen molar-refractivity contribution in [3.63, 3.8) is 0 Å².